The molecule has 0 aromatic heterocycles. The van der Waals surface area contributed by atoms with Crippen LogP contribution in [-0.2, 0) is 41.1 Å². The van der Waals surface area contributed by atoms with Gasteiger partial charge in [-0.3, -0.25) is 19.2 Å². The fourth-order valence-electron chi connectivity index (χ4n) is 4.62. The minimum Gasteiger partial charge on any atom is -0.508 e. The van der Waals surface area contributed by atoms with Crippen molar-refractivity contribution in [1.82, 2.24) is 10.6 Å². The fourth-order valence-corrected chi connectivity index (χ4v) is 4.99. The molecule has 1 heterocycles. The van der Waals surface area contributed by atoms with Gasteiger partial charge in [0.25, 0.3) is 11.9 Å². The molecule has 0 radical (unpaired) electrons. The van der Waals surface area contributed by atoms with Crippen LogP contribution in [0, 0.1) is 5.92 Å². The Morgan fingerprint density at radius 3 is 2.22 bits per heavy atom. The van der Waals surface area contributed by atoms with Crippen LogP contribution in [0.15, 0.2) is 42.5 Å². The lowest BCUT2D eigenvalue weighted by atomic mass is 9.70. The summed E-state index contributed by atoms with van der Waals surface area (Å²) in [5.74, 6) is -7.58. The summed E-state index contributed by atoms with van der Waals surface area (Å²) >= 11 is 12.1. The van der Waals surface area contributed by atoms with Crippen LogP contribution in [0.4, 0.5) is 13.2 Å². The first-order valence-electron chi connectivity index (χ1n) is 13.4. The van der Waals surface area contributed by atoms with Crippen LogP contribution in [0.25, 0.3) is 0 Å². The van der Waals surface area contributed by atoms with Crippen molar-refractivity contribution in [1.29, 1.82) is 0 Å². The molecule has 1 unspecified atom stereocenters. The van der Waals surface area contributed by atoms with E-state index in [0.717, 1.165) is 24.3 Å². The smallest absolute Gasteiger partial charge is 0.508 e. The molecule has 250 valence electrons. The largest absolute Gasteiger partial charge is 0.552 e. The second-order valence-electron chi connectivity index (χ2n) is 10.8. The van der Waals surface area contributed by atoms with Gasteiger partial charge in [-0.2, -0.15) is 26.7 Å². The van der Waals surface area contributed by atoms with Crippen molar-refractivity contribution in [2.45, 2.75) is 63.3 Å². The molecule has 0 saturated carbocycles. The van der Waals surface area contributed by atoms with Gasteiger partial charge in [0, 0.05) is 11.4 Å². The molecular formula is C28H30BCl2F3N2O9S. The third-order valence-electron chi connectivity index (χ3n) is 6.74. The Bertz CT molecular complexity index is 1460. The van der Waals surface area contributed by atoms with Crippen molar-refractivity contribution in [2.75, 3.05) is 0 Å². The molecule has 2 amide bonds. The summed E-state index contributed by atoms with van der Waals surface area (Å²) in [6, 6.07) is 6.45. The van der Waals surface area contributed by atoms with Crippen LogP contribution in [0.2, 0.25) is 10.0 Å². The van der Waals surface area contributed by atoms with Crippen LogP contribution in [0.3, 0.4) is 0 Å². The minimum atomic E-state index is -4.61. The van der Waals surface area contributed by atoms with Crippen molar-refractivity contribution in [2.24, 2.45) is 5.92 Å². The number of carbonyl (C=O) groups excluding carboxylic acids is 3. The molecule has 3 rings (SSSR count). The van der Waals surface area contributed by atoms with Gasteiger partial charge < -0.3 is 30.2 Å². The van der Waals surface area contributed by atoms with Crippen LogP contribution in [-0.4, -0.2) is 64.6 Å². The quantitative estimate of drug-likeness (QED) is 0.235. The normalized spacial score (nSPS) is 17.7. The van der Waals surface area contributed by atoms with Gasteiger partial charge in [-0.15, -0.1) is 0 Å². The number of benzene rings is 2. The molecular weight excluding hydrogens is 679 g/mol. The number of aliphatic carboxylic acids is 2. The standard InChI is InChI=1S/C28H28BCl2F3N2O9.H2S/c1-14(2)9-21(29-44-23(39)13-27(45-29,26(42)43)12-22(37)38)36-25(41)20(10-15-3-5-16(6-4-15)28(32,33)34)35-24(40)18-11-17(30)7-8-19(18)31;/h3-8,11,14,20-21H,9-10,12-13H2,1-2H3,(H,35,40)(H,36,41)(H,37,38)(H,42,43);1H2/t20-,21-,27?;/m0./s1. The minimum absolute atomic E-state index is 0. The van der Waals surface area contributed by atoms with Crippen molar-refractivity contribution >= 4 is 73.5 Å². The number of alkyl halides is 3. The summed E-state index contributed by atoms with van der Waals surface area (Å²) in [5, 5.41) is 24.3. The molecule has 0 aliphatic carbocycles. The average Bonchev–Trinajstić information content (AvgIpc) is 2.92. The summed E-state index contributed by atoms with van der Waals surface area (Å²) in [5.41, 5.74) is -3.29. The topological polar surface area (TPSA) is 168 Å². The maximum absolute atomic E-state index is 13.7. The average molecular weight is 709 g/mol. The van der Waals surface area contributed by atoms with Crippen molar-refractivity contribution in [3.05, 3.63) is 69.2 Å². The highest BCUT2D eigenvalue weighted by molar-refractivity contribution is 7.59. The summed E-state index contributed by atoms with van der Waals surface area (Å²) in [6.07, 6.45) is -6.87. The SMILES string of the molecule is CC(C)C[C@H](NC(=O)[C@H](Cc1ccc(C(F)(F)F)cc1)NC(=O)c1cc(Cl)ccc1Cl)B1OC(=O)CC(CC(=O)O)(C(=O)O)O1.S. The van der Waals surface area contributed by atoms with Crippen LogP contribution < -0.4 is 10.6 Å². The van der Waals surface area contributed by atoms with Crippen molar-refractivity contribution < 1.29 is 56.7 Å². The second kappa shape index (κ2) is 15.9. The van der Waals surface area contributed by atoms with Gasteiger partial charge in [-0.1, -0.05) is 49.2 Å². The number of amides is 2. The maximum Gasteiger partial charge on any atom is 0.552 e. The van der Waals surface area contributed by atoms with Crippen LogP contribution in [0.1, 0.15) is 54.6 Å². The third kappa shape index (κ3) is 10.3. The second-order valence-corrected chi connectivity index (χ2v) is 11.7. The van der Waals surface area contributed by atoms with Gasteiger partial charge in [0.1, 0.15) is 6.04 Å². The Kier molecular flexibility index (Phi) is 13.4. The van der Waals surface area contributed by atoms with Crippen molar-refractivity contribution in [3.8, 4) is 0 Å². The van der Waals surface area contributed by atoms with Gasteiger partial charge in [0.2, 0.25) is 5.91 Å². The highest BCUT2D eigenvalue weighted by atomic mass is 35.5. The van der Waals surface area contributed by atoms with Gasteiger partial charge in [0.05, 0.1) is 34.9 Å². The Balaban J connectivity index is 0.00000736. The zero-order chi connectivity index (χ0) is 33.7. The van der Waals surface area contributed by atoms with E-state index in [-0.39, 0.29) is 53.4 Å². The zero-order valence-corrected chi connectivity index (χ0v) is 26.8. The molecule has 11 nitrogen and oxygen atoms in total. The van der Waals surface area contributed by atoms with E-state index in [0.29, 0.717) is 0 Å². The van der Waals surface area contributed by atoms with E-state index in [1.807, 2.05) is 0 Å². The molecule has 46 heavy (non-hydrogen) atoms. The number of hydrogen-bond donors (Lipinski definition) is 4. The monoisotopic (exact) mass is 708 g/mol. The highest BCUT2D eigenvalue weighted by Crippen LogP contribution is 2.31. The Morgan fingerprint density at radius 2 is 1.67 bits per heavy atom. The number of carbonyl (C=O) groups is 5. The van der Waals surface area contributed by atoms with E-state index < -0.39 is 79.0 Å². The molecule has 1 fully saturated rings. The maximum atomic E-state index is 13.7. The predicted molar refractivity (Wildman–Crippen MR) is 165 cm³/mol. The lowest BCUT2D eigenvalue weighted by molar-refractivity contribution is -0.175. The molecule has 0 spiro atoms. The van der Waals surface area contributed by atoms with Gasteiger partial charge in [0.15, 0.2) is 5.60 Å². The van der Waals surface area contributed by atoms with Crippen LogP contribution >= 0.6 is 36.7 Å². The summed E-state index contributed by atoms with van der Waals surface area (Å²) < 4.78 is 50.1. The number of rotatable bonds is 12. The molecule has 1 saturated heterocycles. The number of carboxylic acid groups (broad SMARTS) is 2. The first-order chi connectivity index (χ1) is 20.9. The van der Waals surface area contributed by atoms with Gasteiger partial charge in [-0.05, 0) is 48.2 Å². The Morgan fingerprint density at radius 1 is 1.04 bits per heavy atom. The molecule has 2 aromatic rings. The summed E-state index contributed by atoms with van der Waals surface area (Å²) in [6.45, 7) is 3.46. The Hall–Kier alpha value is -3.47. The summed E-state index contributed by atoms with van der Waals surface area (Å²) in [7, 11) is -1.74. The molecule has 2 aromatic carbocycles. The zero-order valence-electron chi connectivity index (χ0n) is 24.3. The lowest BCUT2D eigenvalue weighted by Crippen LogP contribution is -2.62. The molecule has 4 N–H and O–H groups in total. The number of hydrogen-bond acceptors (Lipinski definition) is 7. The highest BCUT2D eigenvalue weighted by Gasteiger charge is 2.55. The third-order valence-corrected chi connectivity index (χ3v) is 7.31. The molecule has 1 aliphatic rings. The number of carboxylic acids is 2. The fraction of sp³-hybridized carbons (Fsp3) is 0.393. The van der Waals surface area contributed by atoms with Gasteiger partial charge >= 0.3 is 25.2 Å². The first-order valence-corrected chi connectivity index (χ1v) is 14.2. The predicted octanol–water partition coefficient (Wildman–Crippen LogP) is 4.29. The van der Waals surface area contributed by atoms with E-state index in [1.165, 1.54) is 18.2 Å². The van der Waals surface area contributed by atoms with Gasteiger partial charge in [-0.25, -0.2) is 4.79 Å². The molecule has 3 atom stereocenters. The van der Waals surface area contributed by atoms with E-state index in [2.05, 4.69) is 10.6 Å². The van der Waals surface area contributed by atoms with E-state index in [9.17, 15) is 47.4 Å². The Labute approximate surface area is 278 Å². The first kappa shape index (κ1) is 38.7. The molecule has 18 heteroatoms. The van der Waals surface area contributed by atoms with Crippen molar-refractivity contribution in [3.63, 3.8) is 0 Å². The number of nitrogens with one attached hydrogen (secondary N) is 2. The van der Waals surface area contributed by atoms with E-state index >= 15 is 0 Å². The lowest BCUT2D eigenvalue weighted by Gasteiger charge is -2.38. The summed E-state index contributed by atoms with van der Waals surface area (Å²) in [4.78, 5) is 62.8. The number of halogens is 5. The van der Waals surface area contributed by atoms with E-state index in [4.69, 9.17) is 32.5 Å². The van der Waals surface area contributed by atoms with E-state index in [1.54, 1.807) is 13.8 Å². The van der Waals surface area contributed by atoms with Crippen LogP contribution in [0.5, 0.6) is 0 Å². The molecule has 1 aliphatic heterocycles. The molecule has 0 bridgehead atoms.